The van der Waals surface area contributed by atoms with Gasteiger partial charge in [0.15, 0.2) is 0 Å². The van der Waals surface area contributed by atoms with Gasteiger partial charge < -0.3 is 0 Å². The first kappa shape index (κ1) is 17.8. The predicted molar refractivity (Wildman–Crippen MR) is 96.9 cm³/mol. The Balaban J connectivity index is 2.09. The number of sulfonamides is 1. The minimum absolute atomic E-state index is 0.289. The molecule has 0 bridgehead atoms. The SMILES string of the molecule is Cc1cc(-c2ccc(=O)[nH]n2)cc(S(=O)(=O)N2CCC[C@@H](C)C2)c1C. The molecule has 7 heteroatoms. The van der Waals surface area contributed by atoms with Gasteiger partial charge in [0.25, 0.3) is 5.56 Å². The molecule has 1 atom stereocenters. The van der Waals surface area contributed by atoms with Crippen LogP contribution in [0.1, 0.15) is 30.9 Å². The van der Waals surface area contributed by atoms with Crippen molar-refractivity contribution in [3.63, 3.8) is 0 Å². The molecule has 1 aromatic carbocycles. The Bertz CT molecular complexity index is 930. The molecule has 1 aromatic heterocycles. The van der Waals surface area contributed by atoms with E-state index in [1.807, 2.05) is 19.9 Å². The maximum Gasteiger partial charge on any atom is 0.264 e. The molecule has 2 heterocycles. The van der Waals surface area contributed by atoms with Crippen molar-refractivity contribution >= 4 is 10.0 Å². The lowest BCUT2D eigenvalue weighted by atomic mass is 10.0. The van der Waals surface area contributed by atoms with Crippen LogP contribution in [0.2, 0.25) is 0 Å². The Morgan fingerprint density at radius 3 is 2.64 bits per heavy atom. The van der Waals surface area contributed by atoms with Gasteiger partial charge in [0, 0.05) is 24.7 Å². The smallest absolute Gasteiger partial charge is 0.264 e. The molecule has 0 amide bonds. The van der Waals surface area contributed by atoms with Gasteiger partial charge in [-0.25, -0.2) is 13.5 Å². The Kier molecular flexibility index (Phi) is 4.79. The van der Waals surface area contributed by atoms with Crippen molar-refractivity contribution in [2.24, 2.45) is 5.92 Å². The molecule has 0 radical (unpaired) electrons. The largest absolute Gasteiger partial charge is 0.268 e. The van der Waals surface area contributed by atoms with E-state index >= 15 is 0 Å². The first-order chi connectivity index (χ1) is 11.8. The number of nitrogens with one attached hydrogen (secondary N) is 1. The fraction of sp³-hybridized carbons (Fsp3) is 0.444. The molecule has 1 fully saturated rings. The lowest BCUT2D eigenvalue weighted by molar-refractivity contribution is 0.281. The first-order valence-corrected chi connectivity index (χ1v) is 9.90. The van der Waals surface area contributed by atoms with Crippen molar-refractivity contribution in [1.82, 2.24) is 14.5 Å². The third-order valence-corrected chi connectivity index (χ3v) is 6.82. The summed E-state index contributed by atoms with van der Waals surface area (Å²) >= 11 is 0. The van der Waals surface area contributed by atoms with Crippen LogP contribution in [0.5, 0.6) is 0 Å². The highest BCUT2D eigenvalue weighted by molar-refractivity contribution is 7.89. The molecule has 0 spiro atoms. The second kappa shape index (κ2) is 6.72. The topological polar surface area (TPSA) is 83.1 Å². The number of piperidine rings is 1. The van der Waals surface area contributed by atoms with E-state index in [0.29, 0.717) is 35.2 Å². The summed E-state index contributed by atoms with van der Waals surface area (Å²) in [6.45, 7) is 6.93. The predicted octanol–water partition coefficient (Wildman–Crippen LogP) is 2.47. The second-order valence-corrected chi connectivity index (χ2v) is 8.74. The van der Waals surface area contributed by atoms with E-state index in [2.05, 4.69) is 17.1 Å². The van der Waals surface area contributed by atoms with Crippen LogP contribution in [-0.2, 0) is 10.0 Å². The van der Waals surface area contributed by atoms with Gasteiger partial charge >= 0.3 is 0 Å². The van der Waals surface area contributed by atoms with Crippen LogP contribution in [0.4, 0.5) is 0 Å². The standard InChI is InChI=1S/C18H23N3O3S/c1-12-5-4-8-21(11-12)25(23,24)17-10-15(9-13(2)14(17)3)16-6-7-18(22)20-19-16/h6-7,9-10,12H,4-5,8,11H2,1-3H3,(H,20,22)/t12-/m1/s1. The lowest BCUT2D eigenvalue weighted by Gasteiger charge is -2.30. The van der Waals surface area contributed by atoms with Crippen molar-refractivity contribution in [3.8, 4) is 11.3 Å². The summed E-state index contributed by atoms with van der Waals surface area (Å²) in [5, 5.41) is 6.42. The van der Waals surface area contributed by atoms with Gasteiger partial charge in [-0.15, -0.1) is 0 Å². The summed E-state index contributed by atoms with van der Waals surface area (Å²) < 4.78 is 28.0. The number of nitrogens with zero attached hydrogens (tertiary/aromatic N) is 2. The zero-order valence-corrected chi connectivity index (χ0v) is 15.6. The summed E-state index contributed by atoms with van der Waals surface area (Å²) in [5.41, 5.74) is 2.58. The maximum atomic E-state index is 13.2. The number of benzene rings is 1. The summed E-state index contributed by atoms with van der Waals surface area (Å²) in [6, 6.07) is 6.55. The second-order valence-electron chi connectivity index (χ2n) is 6.83. The molecular weight excluding hydrogens is 338 g/mol. The summed E-state index contributed by atoms with van der Waals surface area (Å²) in [7, 11) is -3.55. The van der Waals surface area contributed by atoms with Gasteiger partial charge in [0.05, 0.1) is 10.6 Å². The van der Waals surface area contributed by atoms with Crippen molar-refractivity contribution in [1.29, 1.82) is 0 Å². The molecule has 1 N–H and O–H groups in total. The van der Waals surface area contributed by atoms with Crippen LogP contribution >= 0.6 is 0 Å². The number of aromatic amines is 1. The zero-order valence-electron chi connectivity index (χ0n) is 14.7. The van der Waals surface area contributed by atoms with Crippen LogP contribution in [0, 0.1) is 19.8 Å². The van der Waals surface area contributed by atoms with Gasteiger partial charge in [-0.05, 0) is 61.9 Å². The molecule has 6 nitrogen and oxygen atoms in total. The number of H-pyrrole nitrogens is 1. The Morgan fingerprint density at radius 1 is 1.24 bits per heavy atom. The van der Waals surface area contributed by atoms with Gasteiger partial charge in [0.2, 0.25) is 10.0 Å². The molecular formula is C18H23N3O3S. The average molecular weight is 361 g/mol. The molecule has 0 aliphatic carbocycles. The van der Waals surface area contributed by atoms with Gasteiger partial charge in [-0.2, -0.15) is 9.40 Å². The van der Waals surface area contributed by atoms with E-state index < -0.39 is 10.0 Å². The fourth-order valence-corrected chi connectivity index (χ4v) is 5.17. The maximum absolute atomic E-state index is 13.2. The van der Waals surface area contributed by atoms with Crippen molar-refractivity contribution in [2.75, 3.05) is 13.1 Å². The van der Waals surface area contributed by atoms with Crippen LogP contribution in [0.15, 0.2) is 34.0 Å². The Labute approximate surface area is 147 Å². The van der Waals surface area contributed by atoms with Gasteiger partial charge in [-0.1, -0.05) is 6.92 Å². The highest BCUT2D eigenvalue weighted by Crippen LogP contribution is 2.30. The first-order valence-electron chi connectivity index (χ1n) is 8.46. The van der Waals surface area contributed by atoms with Gasteiger partial charge in [0.1, 0.15) is 0 Å². The number of rotatable bonds is 3. The molecule has 2 aromatic rings. The van der Waals surface area contributed by atoms with Crippen LogP contribution < -0.4 is 5.56 Å². The zero-order chi connectivity index (χ0) is 18.2. The monoisotopic (exact) mass is 361 g/mol. The van der Waals surface area contributed by atoms with Crippen molar-refractivity contribution in [3.05, 3.63) is 45.7 Å². The number of aryl methyl sites for hydroxylation is 1. The Morgan fingerprint density at radius 2 is 2.00 bits per heavy atom. The molecule has 1 saturated heterocycles. The van der Waals surface area contributed by atoms with E-state index in [-0.39, 0.29) is 5.56 Å². The third-order valence-electron chi connectivity index (χ3n) is 4.83. The highest BCUT2D eigenvalue weighted by atomic mass is 32.2. The number of hydrogen-bond acceptors (Lipinski definition) is 4. The van der Waals surface area contributed by atoms with Crippen LogP contribution in [0.25, 0.3) is 11.3 Å². The van der Waals surface area contributed by atoms with Gasteiger partial charge in [-0.3, -0.25) is 4.79 Å². The van der Waals surface area contributed by atoms with E-state index in [9.17, 15) is 13.2 Å². The summed E-state index contributed by atoms with van der Waals surface area (Å²) in [6.07, 6.45) is 1.95. The van der Waals surface area contributed by atoms with E-state index in [1.165, 1.54) is 6.07 Å². The van der Waals surface area contributed by atoms with E-state index in [4.69, 9.17) is 0 Å². The van der Waals surface area contributed by atoms with E-state index in [1.54, 1.807) is 16.4 Å². The minimum Gasteiger partial charge on any atom is -0.268 e. The quantitative estimate of drug-likeness (QED) is 0.910. The molecule has 1 aliphatic rings. The molecule has 3 rings (SSSR count). The summed E-state index contributed by atoms with van der Waals surface area (Å²) in [4.78, 5) is 11.5. The van der Waals surface area contributed by atoms with Crippen LogP contribution in [0.3, 0.4) is 0 Å². The van der Waals surface area contributed by atoms with Crippen LogP contribution in [-0.4, -0.2) is 36.0 Å². The molecule has 134 valence electrons. The number of hydrogen-bond donors (Lipinski definition) is 1. The number of aromatic nitrogens is 2. The van der Waals surface area contributed by atoms with E-state index in [0.717, 1.165) is 24.0 Å². The minimum atomic E-state index is -3.55. The molecule has 25 heavy (non-hydrogen) atoms. The highest BCUT2D eigenvalue weighted by Gasteiger charge is 2.30. The molecule has 1 aliphatic heterocycles. The van der Waals surface area contributed by atoms with Crippen molar-refractivity contribution < 1.29 is 8.42 Å². The molecule has 0 unspecified atom stereocenters. The molecule has 0 saturated carbocycles. The lowest BCUT2D eigenvalue weighted by Crippen LogP contribution is -2.39. The summed E-state index contributed by atoms with van der Waals surface area (Å²) in [5.74, 6) is 0.369. The average Bonchev–Trinajstić information content (AvgIpc) is 2.57. The van der Waals surface area contributed by atoms with Crippen molar-refractivity contribution in [2.45, 2.75) is 38.5 Å². The normalized spacial score (nSPS) is 19.1. The third kappa shape index (κ3) is 3.52. The Hall–Kier alpha value is -1.99. The fourth-order valence-electron chi connectivity index (χ4n) is 3.25.